The third-order valence-electron chi connectivity index (χ3n) is 3.00. The van der Waals surface area contributed by atoms with Crippen molar-refractivity contribution >= 4 is 12.0 Å². The van der Waals surface area contributed by atoms with Gasteiger partial charge in [0.05, 0.1) is 0 Å². The Labute approximate surface area is 102 Å². The van der Waals surface area contributed by atoms with Gasteiger partial charge in [-0.05, 0) is 13.0 Å². The van der Waals surface area contributed by atoms with E-state index in [0.29, 0.717) is 13.1 Å². The summed E-state index contributed by atoms with van der Waals surface area (Å²) in [5, 5.41) is 11.6. The van der Waals surface area contributed by atoms with E-state index in [2.05, 4.69) is 10.2 Å². The van der Waals surface area contributed by atoms with Gasteiger partial charge in [-0.15, -0.1) is 0 Å². The molecule has 6 nitrogen and oxygen atoms in total. The fraction of sp³-hybridized carbons (Fsp3) is 0.818. The molecule has 0 aromatic carbocycles. The molecule has 6 heteroatoms. The van der Waals surface area contributed by atoms with E-state index in [1.54, 1.807) is 18.7 Å². The average molecular weight is 243 g/mol. The van der Waals surface area contributed by atoms with Crippen LogP contribution in [0.3, 0.4) is 0 Å². The van der Waals surface area contributed by atoms with Crippen LogP contribution >= 0.6 is 0 Å². The monoisotopic (exact) mass is 243 g/mol. The number of carboxylic acids is 1. The number of piperazine rings is 1. The maximum atomic E-state index is 11.9. The zero-order valence-electron chi connectivity index (χ0n) is 10.6. The minimum atomic E-state index is -0.984. The summed E-state index contributed by atoms with van der Waals surface area (Å²) in [7, 11) is 2.00. The van der Waals surface area contributed by atoms with Crippen molar-refractivity contribution in [3.63, 3.8) is 0 Å². The van der Waals surface area contributed by atoms with Crippen LogP contribution in [0.25, 0.3) is 0 Å². The lowest BCUT2D eigenvalue weighted by atomic mass is 10.1. The fourth-order valence-electron chi connectivity index (χ4n) is 1.75. The number of aliphatic carboxylic acids is 1. The van der Waals surface area contributed by atoms with E-state index in [9.17, 15) is 9.59 Å². The fourth-order valence-corrected chi connectivity index (χ4v) is 1.75. The Morgan fingerprint density at radius 3 is 2.12 bits per heavy atom. The Balaban J connectivity index is 2.50. The Kier molecular flexibility index (Phi) is 4.74. The minimum absolute atomic E-state index is 0.121. The Hall–Kier alpha value is -1.30. The highest BCUT2D eigenvalue weighted by molar-refractivity contribution is 5.82. The van der Waals surface area contributed by atoms with E-state index in [1.165, 1.54) is 0 Å². The highest BCUT2D eigenvalue weighted by Gasteiger charge is 2.27. The van der Waals surface area contributed by atoms with Gasteiger partial charge < -0.3 is 20.2 Å². The molecule has 0 saturated carbocycles. The molecule has 0 radical (unpaired) electrons. The number of carbonyl (C=O) groups excluding carboxylic acids is 1. The summed E-state index contributed by atoms with van der Waals surface area (Å²) in [5.41, 5.74) is 0. The Morgan fingerprint density at radius 2 is 1.71 bits per heavy atom. The summed E-state index contributed by atoms with van der Waals surface area (Å²) in [6, 6.07) is -1.10. The largest absolute Gasteiger partial charge is 0.480 e. The number of urea groups is 1. The van der Waals surface area contributed by atoms with Gasteiger partial charge in [0.2, 0.25) is 0 Å². The van der Waals surface area contributed by atoms with Crippen molar-refractivity contribution < 1.29 is 14.7 Å². The number of nitrogens with zero attached hydrogens (tertiary/aromatic N) is 2. The molecule has 1 atom stereocenters. The molecule has 1 unspecified atom stereocenters. The van der Waals surface area contributed by atoms with E-state index in [1.807, 2.05) is 7.05 Å². The van der Waals surface area contributed by atoms with Crippen LogP contribution in [0, 0.1) is 5.92 Å². The maximum Gasteiger partial charge on any atom is 0.326 e. The van der Waals surface area contributed by atoms with Gasteiger partial charge in [0.15, 0.2) is 0 Å². The Bertz CT molecular complexity index is 286. The number of carboxylic acid groups (broad SMARTS) is 1. The van der Waals surface area contributed by atoms with Crippen molar-refractivity contribution in [1.29, 1.82) is 0 Å². The molecule has 1 fully saturated rings. The van der Waals surface area contributed by atoms with Crippen LogP contribution < -0.4 is 5.32 Å². The van der Waals surface area contributed by atoms with Gasteiger partial charge in [-0.25, -0.2) is 9.59 Å². The normalized spacial score (nSPS) is 19.2. The standard InChI is InChI=1S/C11H21N3O3/c1-8(2)9(10(15)16)12-11(17)14-6-4-13(3)5-7-14/h8-9H,4-7H2,1-3H3,(H,12,17)(H,15,16). The number of nitrogens with one attached hydrogen (secondary N) is 1. The zero-order valence-corrected chi connectivity index (χ0v) is 10.6. The quantitative estimate of drug-likeness (QED) is 0.735. The van der Waals surface area contributed by atoms with Gasteiger partial charge in [0, 0.05) is 26.2 Å². The second-order valence-electron chi connectivity index (χ2n) is 4.80. The molecule has 1 aliphatic heterocycles. The molecule has 1 rings (SSSR count). The van der Waals surface area contributed by atoms with E-state index < -0.39 is 12.0 Å². The minimum Gasteiger partial charge on any atom is -0.480 e. The molecule has 0 bridgehead atoms. The molecule has 17 heavy (non-hydrogen) atoms. The Morgan fingerprint density at radius 1 is 1.18 bits per heavy atom. The summed E-state index contributed by atoms with van der Waals surface area (Å²) in [5.74, 6) is -1.11. The second-order valence-corrected chi connectivity index (χ2v) is 4.80. The van der Waals surface area contributed by atoms with Crippen LogP contribution in [-0.2, 0) is 4.79 Å². The summed E-state index contributed by atoms with van der Waals surface area (Å²) in [6.45, 7) is 6.51. The summed E-state index contributed by atoms with van der Waals surface area (Å²) < 4.78 is 0. The van der Waals surface area contributed by atoms with Crippen molar-refractivity contribution in [2.45, 2.75) is 19.9 Å². The zero-order chi connectivity index (χ0) is 13.0. The lowest BCUT2D eigenvalue weighted by Gasteiger charge is -2.33. The molecular weight excluding hydrogens is 222 g/mol. The smallest absolute Gasteiger partial charge is 0.326 e. The lowest BCUT2D eigenvalue weighted by Crippen LogP contribution is -2.55. The summed E-state index contributed by atoms with van der Waals surface area (Å²) in [6.07, 6.45) is 0. The van der Waals surface area contributed by atoms with Crippen molar-refractivity contribution in [2.24, 2.45) is 5.92 Å². The molecule has 0 aromatic heterocycles. The summed E-state index contributed by atoms with van der Waals surface area (Å²) in [4.78, 5) is 26.6. The number of hydrogen-bond donors (Lipinski definition) is 2. The first kappa shape index (κ1) is 13.8. The molecule has 98 valence electrons. The maximum absolute atomic E-state index is 11.9. The van der Waals surface area contributed by atoms with Crippen LogP contribution in [0.5, 0.6) is 0 Å². The first-order valence-electron chi connectivity index (χ1n) is 5.88. The van der Waals surface area contributed by atoms with Gasteiger partial charge in [-0.3, -0.25) is 0 Å². The van der Waals surface area contributed by atoms with Crippen molar-refractivity contribution in [3.8, 4) is 0 Å². The van der Waals surface area contributed by atoms with Crippen LogP contribution in [0.1, 0.15) is 13.8 Å². The molecule has 0 aliphatic carbocycles. The van der Waals surface area contributed by atoms with E-state index in [0.717, 1.165) is 13.1 Å². The van der Waals surface area contributed by atoms with Gasteiger partial charge in [-0.1, -0.05) is 13.8 Å². The lowest BCUT2D eigenvalue weighted by molar-refractivity contribution is -0.140. The highest BCUT2D eigenvalue weighted by atomic mass is 16.4. The molecular formula is C11H21N3O3. The van der Waals surface area contributed by atoms with Gasteiger partial charge >= 0.3 is 12.0 Å². The number of hydrogen-bond acceptors (Lipinski definition) is 3. The summed E-state index contributed by atoms with van der Waals surface area (Å²) >= 11 is 0. The van der Waals surface area contributed by atoms with Crippen molar-refractivity contribution in [3.05, 3.63) is 0 Å². The number of amides is 2. The van der Waals surface area contributed by atoms with E-state index >= 15 is 0 Å². The number of likely N-dealkylation sites (N-methyl/N-ethyl adjacent to an activating group) is 1. The van der Waals surface area contributed by atoms with Crippen LogP contribution in [0.4, 0.5) is 4.79 Å². The van der Waals surface area contributed by atoms with Gasteiger partial charge in [-0.2, -0.15) is 0 Å². The number of carbonyl (C=O) groups is 2. The van der Waals surface area contributed by atoms with E-state index in [-0.39, 0.29) is 11.9 Å². The predicted octanol–water partition coefficient (Wildman–Crippen LogP) is 0.0526. The van der Waals surface area contributed by atoms with E-state index in [4.69, 9.17) is 5.11 Å². The van der Waals surface area contributed by atoms with Crippen LogP contribution in [-0.4, -0.2) is 66.2 Å². The van der Waals surface area contributed by atoms with Crippen LogP contribution in [0.15, 0.2) is 0 Å². The van der Waals surface area contributed by atoms with Crippen molar-refractivity contribution in [2.75, 3.05) is 33.2 Å². The predicted molar refractivity (Wildman–Crippen MR) is 63.9 cm³/mol. The van der Waals surface area contributed by atoms with Crippen molar-refractivity contribution in [1.82, 2.24) is 15.1 Å². The van der Waals surface area contributed by atoms with Gasteiger partial charge in [0.1, 0.15) is 6.04 Å². The van der Waals surface area contributed by atoms with Gasteiger partial charge in [0.25, 0.3) is 0 Å². The SMILES string of the molecule is CC(C)C(NC(=O)N1CCN(C)CC1)C(=O)O. The molecule has 2 N–H and O–H groups in total. The third kappa shape index (κ3) is 3.89. The molecule has 0 spiro atoms. The van der Waals surface area contributed by atoms with Crippen LogP contribution in [0.2, 0.25) is 0 Å². The first-order chi connectivity index (χ1) is 7.91. The molecule has 1 saturated heterocycles. The average Bonchev–Trinajstić information content (AvgIpc) is 2.25. The first-order valence-corrected chi connectivity index (χ1v) is 5.88. The molecule has 1 aliphatic rings. The topological polar surface area (TPSA) is 72.9 Å². The second kappa shape index (κ2) is 5.86. The number of rotatable bonds is 3. The molecule has 0 aromatic rings. The molecule has 1 heterocycles. The molecule has 2 amide bonds. The third-order valence-corrected chi connectivity index (χ3v) is 3.00. The highest BCUT2D eigenvalue weighted by Crippen LogP contribution is 2.05.